The maximum absolute atomic E-state index is 12.3. The average Bonchev–Trinajstić information content (AvgIpc) is 3.16. The Bertz CT molecular complexity index is 865. The van der Waals surface area contributed by atoms with Gasteiger partial charge in [0.25, 0.3) is 5.91 Å². The molecule has 2 aromatic rings. The summed E-state index contributed by atoms with van der Waals surface area (Å²) in [6, 6.07) is 13.4. The van der Waals surface area contributed by atoms with E-state index in [-0.39, 0.29) is 11.9 Å². The van der Waals surface area contributed by atoms with Gasteiger partial charge >= 0.3 is 6.03 Å². The lowest BCUT2D eigenvalue weighted by Crippen LogP contribution is -2.34. The Morgan fingerprint density at radius 3 is 2.61 bits per heavy atom. The molecule has 148 valence electrons. The predicted molar refractivity (Wildman–Crippen MR) is 113 cm³/mol. The van der Waals surface area contributed by atoms with Gasteiger partial charge in [-0.3, -0.25) is 4.79 Å². The molecule has 1 aliphatic rings. The second-order valence-corrected chi connectivity index (χ2v) is 7.33. The first-order valence-electron chi connectivity index (χ1n) is 9.66. The van der Waals surface area contributed by atoms with Gasteiger partial charge in [-0.2, -0.15) is 0 Å². The van der Waals surface area contributed by atoms with Gasteiger partial charge in [-0.1, -0.05) is 18.2 Å². The minimum atomic E-state index is -0.217. The highest BCUT2D eigenvalue weighted by Crippen LogP contribution is 2.26. The number of rotatable bonds is 5. The lowest BCUT2D eigenvalue weighted by molar-refractivity contribution is 0.0963. The van der Waals surface area contributed by atoms with Crippen LogP contribution >= 0.6 is 0 Å². The minimum Gasteiger partial charge on any atom is -0.371 e. The van der Waals surface area contributed by atoms with Gasteiger partial charge in [0.2, 0.25) is 0 Å². The zero-order valence-corrected chi connectivity index (χ0v) is 16.7. The molecule has 28 heavy (non-hydrogen) atoms. The van der Waals surface area contributed by atoms with E-state index in [1.807, 2.05) is 6.92 Å². The van der Waals surface area contributed by atoms with Crippen LogP contribution in [0.2, 0.25) is 0 Å². The number of carbonyl (C=O) groups excluding carboxylic acids is 2. The molecule has 0 aliphatic carbocycles. The van der Waals surface area contributed by atoms with E-state index in [0.29, 0.717) is 23.7 Å². The van der Waals surface area contributed by atoms with Crippen LogP contribution in [0.15, 0.2) is 42.5 Å². The van der Waals surface area contributed by atoms with Gasteiger partial charge in [-0.25, -0.2) is 4.79 Å². The number of anilines is 2. The van der Waals surface area contributed by atoms with Crippen LogP contribution in [0.4, 0.5) is 16.2 Å². The number of benzene rings is 2. The molecule has 3 amide bonds. The normalized spacial score (nSPS) is 16.0. The number of hydrogen-bond acceptors (Lipinski definition) is 3. The van der Waals surface area contributed by atoms with Crippen molar-refractivity contribution in [2.24, 2.45) is 5.92 Å². The summed E-state index contributed by atoms with van der Waals surface area (Å²) in [5.74, 6) is 0.292. The predicted octanol–water partition coefficient (Wildman–Crippen LogP) is 3.31. The third-order valence-electron chi connectivity index (χ3n) is 5.26. The minimum absolute atomic E-state index is 0.140. The van der Waals surface area contributed by atoms with Gasteiger partial charge in [0.1, 0.15) is 0 Å². The van der Waals surface area contributed by atoms with Crippen molar-refractivity contribution in [2.45, 2.75) is 20.3 Å². The van der Waals surface area contributed by atoms with Crippen LogP contribution in [0.5, 0.6) is 0 Å². The number of urea groups is 1. The van der Waals surface area contributed by atoms with Gasteiger partial charge < -0.3 is 20.9 Å². The maximum Gasteiger partial charge on any atom is 0.319 e. The van der Waals surface area contributed by atoms with E-state index >= 15 is 0 Å². The quantitative estimate of drug-likeness (QED) is 0.745. The molecule has 3 rings (SSSR count). The molecule has 1 atom stereocenters. The van der Waals surface area contributed by atoms with E-state index in [0.717, 1.165) is 25.1 Å². The molecule has 3 N–H and O–H groups in total. The third-order valence-corrected chi connectivity index (χ3v) is 5.26. The van der Waals surface area contributed by atoms with Crippen molar-refractivity contribution >= 4 is 23.3 Å². The second kappa shape index (κ2) is 8.78. The Balaban J connectivity index is 1.50. The zero-order valence-electron chi connectivity index (χ0n) is 16.7. The summed E-state index contributed by atoms with van der Waals surface area (Å²) in [5, 5.41) is 8.45. The first-order chi connectivity index (χ1) is 13.5. The van der Waals surface area contributed by atoms with E-state index in [1.165, 1.54) is 11.3 Å². The fourth-order valence-corrected chi connectivity index (χ4v) is 3.63. The fraction of sp³-hybridized carbons (Fsp3) is 0.364. The van der Waals surface area contributed by atoms with Crippen molar-refractivity contribution in [3.05, 3.63) is 59.2 Å². The number of amides is 3. The maximum atomic E-state index is 12.3. The second-order valence-electron chi connectivity index (χ2n) is 7.33. The summed E-state index contributed by atoms with van der Waals surface area (Å²) in [4.78, 5) is 26.4. The molecule has 1 saturated heterocycles. The summed E-state index contributed by atoms with van der Waals surface area (Å²) in [6.07, 6.45) is 1.06. The molecule has 0 radical (unpaired) electrons. The highest BCUT2D eigenvalue weighted by atomic mass is 16.2. The Kier molecular flexibility index (Phi) is 6.19. The van der Waals surface area contributed by atoms with Gasteiger partial charge in [0.05, 0.1) is 0 Å². The first kappa shape index (κ1) is 19.7. The lowest BCUT2D eigenvalue weighted by atomic mass is 10.1. The van der Waals surface area contributed by atoms with Crippen LogP contribution in [0, 0.1) is 19.8 Å². The van der Waals surface area contributed by atoms with Gasteiger partial charge in [0, 0.05) is 43.6 Å². The molecule has 0 saturated carbocycles. The van der Waals surface area contributed by atoms with Crippen LogP contribution in [-0.2, 0) is 0 Å². The summed E-state index contributed by atoms with van der Waals surface area (Å²) >= 11 is 0. The molecule has 1 aliphatic heterocycles. The number of aryl methyl sites for hydroxylation is 2. The molecule has 1 fully saturated rings. The molecule has 0 aromatic heterocycles. The highest BCUT2D eigenvalue weighted by Gasteiger charge is 2.23. The fourth-order valence-electron chi connectivity index (χ4n) is 3.63. The van der Waals surface area contributed by atoms with Crippen molar-refractivity contribution in [1.82, 2.24) is 10.6 Å². The monoisotopic (exact) mass is 380 g/mol. The number of nitrogens with zero attached hydrogens (tertiary/aromatic N) is 1. The Morgan fingerprint density at radius 1 is 1.11 bits per heavy atom. The molecule has 6 nitrogen and oxygen atoms in total. The van der Waals surface area contributed by atoms with Gasteiger partial charge in [-0.05, 0) is 61.6 Å². The Labute approximate surface area is 166 Å². The summed E-state index contributed by atoms with van der Waals surface area (Å²) in [6.45, 7) is 6.61. The topological polar surface area (TPSA) is 73.5 Å². The molecular weight excluding hydrogens is 352 g/mol. The first-order valence-corrected chi connectivity index (χ1v) is 9.66. The summed E-state index contributed by atoms with van der Waals surface area (Å²) in [7, 11) is 1.60. The van der Waals surface area contributed by atoms with Crippen LogP contribution in [0.25, 0.3) is 0 Å². The van der Waals surface area contributed by atoms with E-state index in [9.17, 15) is 9.59 Å². The standard InChI is InChI=1S/C22H28N4O2/c1-15-6-4-5-7-20(15)26-11-10-17(14-26)13-24-22(28)25-19-9-8-18(12-16(19)2)21(27)23-3/h4-9,12,17H,10-11,13-14H2,1-3H3,(H,23,27)(H2,24,25,28)/t17-/m0/s1. The summed E-state index contributed by atoms with van der Waals surface area (Å²) in [5.41, 5.74) is 4.69. The largest absolute Gasteiger partial charge is 0.371 e. The van der Waals surface area contributed by atoms with E-state index in [4.69, 9.17) is 0 Å². The molecule has 0 unspecified atom stereocenters. The van der Waals surface area contributed by atoms with Crippen molar-refractivity contribution in [1.29, 1.82) is 0 Å². The van der Waals surface area contributed by atoms with Crippen LogP contribution in [0.3, 0.4) is 0 Å². The Morgan fingerprint density at radius 2 is 1.89 bits per heavy atom. The summed E-state index contributed by atoms with van der Waals surface area (Å²) < 4.78 is 0. The SMILES string of the molecule is CNC(=O)c1ccc(NC(=O)NC[C@@H]2CCN(c3ccccc3C)C2)c(C)c1. The number of nitrogens with one attached hydrogen (secondary N) is 3. The van der Waals surface area contributed by atoms with Gasteiger partial charge in [0.15, 0.2) is 0 Å². The van der Waals surface area contributed by atoms with Crippen molar-refractivity contribution in [2.75, 3.05) is 36.9 Å². The average molecular weight is 380 g/mol. The third kappa shape index (κ3) is 4.63. The smallest absolute Gasteiger partial charge is 0.319 e. The molecule has 0 bridgehead atoms. The molecule has 0 spiro atoms. The Hall–Kier alpha value is -3.02. The number of carbonyl (C=O) groups is 2. The molecule has 2 aromatic carbocycles. The van der Waals surface area contributed by atoms with Crippen LogP contribution in [-0.4, -0.2) is 38.6 Å². The van der Waals surface area contributed by atoms with E-state index in [2.05, 4.69) is 52.0 Å². The molecular formula is C22H28N4O2. The van der Waals surface area contributed by atoms with Crippen molar-refractivity contribution in [3.63, 3.8) is 0 Å². The number of para-hydroxylation sites is 1. The van der Waals surface area contributed by atoms with Crippen LogP contribution < -0.4 is 20.9 Å². The lowest BCUT2D eigenvalue weighted by Gasteiger charge is -2.21. The van der Waals surface area contributed by atoms with Crippen molar-refractivity contribution in [3.8, 4) is 0 Å². The number of hydrogen-bond donors (Lipinski definition) is 3. The van der Waals surface area contributed by atoms with E-state index in [1.54, 1.807) is 25.2 Å². The van der Waals surface area contributed by atoms with Gasteiger partial charge in [-0.15, -0.1) is 0 Å². The van der Waals surface area contributed by atoms with E-state index < -0.39 is 0 Å². The molecule has 1 heterocycles. The molecule has 6 heteroatoms. The van der Waals surface area contributed by atoms with Crippen molar-refractivity contribution < 1.29 is 9.59 Å². The zero-order chi connectivity index (χ0) is 20.1. The highest BCUT2D eigenvalue weighted by molar-refractivity contribution is 5.96. The van der Waals surface area contributed by atoms with Crippen LogP contribution in [0.1, 0.15) is 27.9 Å².